The van der Waals surface area contributed by atoms with E-state index in [1.165, 1.54) is 11.1 Å². The molecule has 1 amide bonds. The van der Waals surface area contributed by atoms with Crippen molar-refractivity contribution in [2.75, 3.05) is 24.6 Å². The van der Waals surface area contributed by atoms with E-state index in [2.05, 4.69) is 39.1 Å². The number of ether oxygens (including phenoxy) is 1. The number of carbonyl (C=O) groups excluding carboxylic acids is 1. The first-order chi connectivity index (χ1) is 21.5. The second kappa shape index (κ2) is 11.3. The van der Waals surface area contributed by atoms with E-state index >= 15 is 0 Å². The van der Waals surface area contributed by atoms with Gasteiger partial charge >= 0.3 is 0 Å². The lowest BCUT2D eigenvalue weighted by Crippen LogP contribution is -2.52. The van der Waals surface area contributed by atoms with Gasteiger partial charge in [-0.05, 0) is 112 Å². The van der Waals surface area contributed by atoms with Crippen LogP contribution in [-0.2, 0) is 26.7 Å². The van der Waals surface area contributed by atoms with Gasteiger partial charge in [-0.15, -0.1) is 0 Å². The van der Waals surface area contributed by atoms with Crippen LogP contribution in [-0.4, -0.2) is 50.6 Å². The molecule has 10 heteroatoms. The lowest BCUT2D eigenvalue weighted by molar-refractivity contribution is -0.0783. The quantitative estimate of drug-likeness (QED) is 0.330. The van der Waals surface area contributed by atoms with Crippen LogP contribution in [0.1, 0.15) is 80.8 Å². The maximum atomic E-state index is 13.5. The molecule has 2 aromatic rings. The first-order valence-corrected chi connectivity index (χ1v) is 18.2. The molecule has 240 valence electrons. The minimum Gasteiger partial charge on any atom is -0.490 e. The number of rotatable bonds is 0. The molecule has 3 aliphatic heterocycles. The van der Waals surface area contributed by atoms with Crippen LogP contribution in [0.25, 0.3) is 0 Å². The van der Waals surface area contributed by atoms with Crippen LogP contribution in [0, 0.1) is 17.8 Å². The number of benzene rings is 2. The number of aryl methyl sites for hydroxylation is 1. The summed E-state index contributed by atoms with van der Waals surface area (Å²) < 4.78 is 35.7. The fourth-order valence-corrected chi connectivity index (χ4v) is 9.75. The summed E-state index contributed by atoms with van der Waals surface area (Å²) in [5.74, 6) is 0.471. The fraction of sp³-hybridized carbons (Fsp3) is 0.543. The van der Waals surface area contributed by atoms with Gasteiger partial charge < -0.3 is 14.5 Å². The molecule has 0 radical (unpaired) electrons. The molecule has 5 aliphatic rings. The van der Waals surface area contributed by atoms with E-state index in [9.17, 15) is 13.2 Å². The van der Waals surface area contributed by atoms with E-state index in [1.54, 1.807) is 13.0 Å². The Balaban J connectivity index is 1.33. The second-order valence-electron chi connectivity index (χ2n) is 14.1. The number of sulfonamides is 1. The standard InChI is InChI=1S/C35H42ClN3O5S/c1-22-6-4-15-35(18-23(2)37-44-35)30-11-8-27(30)19-39-20-34(14-5-7-25-16-28(36)10-12-29(25)34)21-43-32-13-9-26(17-31(32)39)33(40)38-45(41,42)24(22)3/h4,9-10,12-13,15-17,22,24,27,30H,5-8,11,14,18-21H2,1-3H3,(H,38,40)/b15-4+/t22-,24+,27-,30+,34-,35+/m0/s1. The van der Waals surface area contributed by atoms with Crippen LogP contribution in [0.2, 0.25) is 5.02 Å². The van der Waals surface area contributed by atoms with Crippen LogP contribution < -0.4 is 14.4 Å². The van der Waals surface area contributed by atoms with E-state index in [-0.39, 0.29) is 17.3 Å². The maximum absolute atomic E-state index is 13.5. The number of halogens is 1. The minimum atomic E-state index is -3.92. The normalized spacial score (nSPS) is 34.7. The highest BCUT2D eigenvalue weighted by molar-refractivity contribution is 7.90. The fourth-order valence-electron chi connectivity index (χ4n) is 8.27. The molecular weight excluding hydrogens is 610 g/mol. The van der Waals surface area contributed by atoms with Gasteiger partial charge in [0, 0.05) is 41.4 Å². The molecule has 8 nitrogen and oxygen atoms in total. The molecule has 0 saturated heterocycles. The van der Waals surface area contributed by atoms with E-state index in [1.807, 2.05) is 32.0 Å². The summed E-state index contributed by atoms with van der Waals surface area (Å²) in [6.45, 7) is 7.57. The average Bonchev–Trinajstić information content (AvgIpc) is 3.28. The summed E-state index contributed by atoms with van der Waals surface area (Å²) in [5, 5.41) is 4.38. The third-order valence-corrected chi connectivity index (χ3v) is 13.3. The average molecular weight is 652 g/mol. The molecule has 2 aromatic carbocycles. The lowest BCUT2D eigenvalue weighted by atomic mass is 9.63. The summed E-state index contributed by atoms with van der Waals surface area (Å²) in [7, 11) is -3.92. The zero-order valence-corrected chi connectivity index (χ0v) is 27.8. The first-order valence-electron chi connectivity index (χ1n) is 16.2. The molecule has 0 unspecified atom stereocenters. The summed E-state index contributed by atoms with van der Waals surface area (Å²) in [5.41, 5.74) is 3.84. The number of nitrogens with zero attached hydrogens (tertiary/aromatic N) is 2. The van der Waals surface area contributed by atoms with Gasteiger partial charge in [0.15, 0.2) is 5.60 Å². The number of carbonyl (C=O) groups is 1. The van der Waals surface area contributed by atoms with Gasteiger partial charge in [0.25, 0.3) is 5.91 Å². The van der Waals surface area contributed by atoms with E-state index in [0.717, 1.165) is 68.0 Å². The van der Waals surface area contributed by atoms with Crippen LogP contribution in [0.3, 0.4) is 0 Å². The van der Waals surface area contributed by atoms with Gasteiger partial charge in [-0.25, -0.2) is 13.1 Å². The van der Waals surface area contributed by atoms with Crippen molar-refractivity contribution in [2.24, 2.45) is 22.9 Å². The highest BCUT2D eigenvalue weighted by Crippen LogP contribution is 2.51. The summed E-state index contributed by atoms with van der Waals surface area (Å²) >= 11 is 6.44. The third-order valence-electron chi connectivity index (χ3n) is 11.1. The Kier molecular flexibility index (Phi) is 7.71. The number of fused-ring (bicyclic) bond motifs is 5. The largest absolute Gasteiger partial charge is 0.490 e. The van der Waals surface area contributed by atoms with Crippen LogP contribution >= 0.6 is 11.6 Å². The van der Waals surface area contributed by atoms with Crippen molar-refractivity contribution < 1.29 is 22.8 Å². The van der Waals surface area contributed by atoms with Gasteiger partial charge in [-0.1, -0.05) is 35.8 Å². The number of hydrogen-bond donors (Lipinski definition) is 1. The number of nitrogens with one attached hydrogen (secondary N) is 1. The van der Waals surface area contributed by atoms with Gasteiger partial charge in [0.1, 0.15) is 5.75 Å². The molecule has 2 aliphatic carbocycles. The highest BCUT2D eigenvalue weighted by Gasteiger charge is 2.52. The summed E-state index contributed by atoms with van der Waals surface area (Å²) in [6.07, 6.45) is 10.6. The van der Waals surface area contributed by atoms with Crippen molar-refractivity contribution in [3.05, 3.63) is 70.3 Å². The molecule has 45 heavy (non-hydrogen) atoms. The zero-order chi connectivity index (χ0) is 31.6. The molecule has 1 N–H and O–H groups in total. The van der Waals surface area contributed by atoms with Gasteiger partial charge in [0.2, 0.25) is 10.0 Å². The number of anilines is 1. The molecule has 2 bridgehead atoms. The second-order valence-corrected chi connectivity index (χ2v) is 16.6. The topological polar surface area (TPSA) is 97.3 Å². The molecule has 3 heterocycles. The Bertz CT molecular complexity index is 1690. The molecule has 0 aromatic heterocycles. The van der Waals surface area contributed by atoms with Crippen molar-refractivity contribution in [2.45, 2.75) is 82.0 Å². The Labute approximate surface area is 271 Å². The molecule has 6 atom stereocenters. The number of allylic oxidation sites excluding steroid dienone is 1. The molecule has 1 fully saturated rings. The third kappa shape index (κ3) is 5.43. The molecule has 2 spiro atoms. The Morgan fingerprint density at radius 3 is 2.73 bits per heavy atom. The van der Waals surface area contributed by atoms with E-state index in [4.69, 9.17) is 21.2 Å². The predicted molar refractivity (Wildman–Crippen MR) is 177 cm³/mol. The SMILES string of the molecule is CC1=NO[C@]2(/C=C/C[C@H](C)[C@@H](C)S(=O)(=O)NC(=O)c3ccc4c(c3)N(C[C@@H]3CC[C@H]32)C[C@@]2(CCCc3cc(Cl)ccc32)CO4)C1. The number of hydrogen-bond acceptors (Lipinski definition) is 7. The van der Waals surface area contributed by atoms with Crippen molar-refractivity contribution in [3.63, 3.8) is 0 Å². The van der Waals surface area contributed by atoms with Crippen LogP contribution in [0.4, 0.5) is 5.69 Å². The first kappa shape index (κ1) is 30.6. The van der Waals surface area contributed by atoms with Crippen molar-refractivity contribution >= 4 is 38.9 Å². The van der Waals surface area contributed by atoms with Crippen LogP contribution in [0.15, 0.2) is 53.7 Å². The molecular formula is C35H42ClN3O5S. The summed E-state index contributed by atoms with van der Waals surface area (Å²) in [6, 6.07) is 11.5. The minimum absolute atomic E-state index is 0.211. The Morgan fingerprint density at radius 2 is 1.98 bits per heavy atom. The predicted octanol–water partition coefficient (Wildman–Crippen LogP) is 6.42. The monoisotopic (exact) mass is 651 g/mol. The number of oxime groups is 1. The lowest BCUT2D eigenvalue weighted by Gasteiger charge is -2.48. The van der Waals surface area contributed by atoms with Gasteiger partial charge in [0.05, 0.1) is 23.3 Å². The van der Waals surface area contributed by atoms with Crippen molar-refractivity contribution in [1.29, 1.82) is 0 Å². The zero-order valence-electron chi connectivity index (χ0n) is 26.2. The Morgan fingerprint density at radius 1 is 1.13 bits per heavy atom. The highest BCUT2D eigenvalue weighted by atomic mass is 35.5. The van der Waals surface area contributed by atoms with Crippen molar-refractivity contribution in [3.8, 4) is 5.75 Å². The summed E-state index contributed by atoms with van der Waals surface area (Å²) in [4.78, 5) is 22.1. The smallest absolute Gasteiger partial charge is 0.264 e. The molecule has 1 saturated carbocycles. The van der Waals surface area contributed by atoms with Crippen molar-refractivity contribution in [1.82, 2.24) is 4.72 Å². The number of amides is 1. The Hall–Kier alpha value is -3.04. The van der Waals surface area contributed by atoms with E-state index in [0.29, 0.717) is 30.3 Å². The van der Waals surface area contributed by atoms with E-state index < -0.39 is 26.8 Å². The van der Waals surface area contributed by atoms with Crippen LogP contribution in [0.5, 0.6) is 5.75 Å². The van der Waals surface area contributed by atoms with Gasteiger partial charge in [-0.2, -0.15) is 0 Å². The molecule has 7 rings (SSSR count). The van der Waals surface area contributed by atoms with Gasteiger partial charge in [-0.3, -0.25) is 4.79 Å². The maximum Gasteiger partial charge on any atom is 0.264 e.